The molecule has 1 N–H and O–H groups in total. The number of aromatic nitrogens is 3. The fourth-order valence-electron chi connectivity index (χ4n) is 2.38. The summed E-state index contributed by atoms with van der Waals surface area (Å²) < 4.78 is 40.0. The van der Waals surface area contributed by atoms with Crippen LogP contribution in [-0.4, -0.2) is 21.7 Å². The predicted octanol–water partition coefficient (Wildman–Crippen LogP) is 5.42. The minimum Gasteiger partial charge on any atom is -0.367 e. The molecule has 1 heterocycles. The van der Waals surface area contributed by atoms with Crippen LogP contribution >= 0.6 is 15.9 Å². The van der Waals surface area contributed by atoms with Crippen molar-refractivity contribution in [1.82, 2.24) is 15.2 Å². The van der Waals surface area contributed by atoms with Crippen LogP contribution in [0.15, 0.2) is 53.0 Å². The van der Waals surface area contributed by atoms with Gasteiger partial charge in [0.05, 0.1) is 5.56 Å². The average molecular weight is 423 g/mol. The minimum absolute atomic E-state index is 0.323. The van der Waals surface area contributed by atoms with E-state index in [1.54, 1.807) is 6.07 Å². The van der Waals surface area contributed by atoms with Gasteiger partial charge < -0.3 is 5.32 Å². The number of nitrogens with one attached hydrogen (secondary N) is 1. The molecule has 0 amide bonds. The lowest BCUT2D eigenvalue weighted by atomic mass is 10.1. The summed E-state index contributed by atoms with van der Waals surface area (Å²) in [6.07, 6.45) is -4.43. The van der Waals surface area contributed by atoms with Crippen LogP contribution in [0.5, 0.6) is 0 Å². The van der Waals surface area contributed by atoms with Crippen molar-refractivity contribution in [2.24, 2.45) is 0 Å². The van der Waals surface area contributed by atoms with E-state index in [1.165, 1.54) is 6.07 Å². The molecule has 0 aliphatic heterocycles. The smallest absolute Gasteiger partial charge is 0.367 e. The lowest BCUT2D eigenvalue weighted by molar-refractivity contribution is -0.137. The zero-order valence-corrected chi connectivity index (χ0v) is 15.3. The molecule has 0 unspecified atom stereocenters. The van der Waals surface area contributed by atoms with Gasteiger partial charge in [0.1, 0.15) is 5.69 Å². The van der Waals surface area contributed by atoms with Crippen molar-refractivity contribution in [3.8, 4) is 22.6 Å². The van der Waals surface area contributed by atoms with Gasteiger partial charge in [-0.1, -0.05) is 40.2 Å². The first-order valence-electron chi connectivity index (χ1n) is 7.80. The molecule has 0 aliphatic rings. The Bertz CT molecular complexity index is 911. The van der Waals surface area contributed by atoms with E-state index in [4.69, 9.17) is 0 Å². The largest absolute Gasteiger partial charge is 0.416 e. The van der Waals surface area contributed by atoms with E-state index in [9.17, 15) is 13.2 Å². The summed E-state index contributed by atoms with van der Waals surface area (Å²) in [5, 5.41) is 11.2. The van der Waals surface area contributed by atoms with Gasteiger partial charge in [-0.3, -0.25) is 0 Å². The van der Waals surface area contributed by atoms with E-state index >= 15 is 0 Å². The SMILES string of the molecule is CCNc1nnc(-c2ccc(Br)cc2)nc1-c1cccc(C(F)(F)F)c1. The summed E-state index contributed by atoms with van der Waals surface area (Å²) in [6, 6.07) is 12.3. The van der Waals surface area contributed by atoms with Crippen molar-refractivity contribution in [1.29, 1.82) is 0 Å². The molecule has 3 rings (SSSR count). The molecular weight excluding hydrogens is 409 g/mol. The van der Waals surface area contributed by atoms with Crippen molar-refractivity contribution in [3.63, 3.8) is 0 Å². The summed E-state index contributed by atoms with van der Waals surface area (Å²) in [6.45, 7) is 2.40. The number of rotatable bonds is 4. The number of alkyl halides is 3. The second kappa shape index (κ2) is 7.41. The Morgan fingerprint density at radius 1 is 1.00 bits per heavy atom. The van der Waals surface area contributed by atoms with Crippen molar-refractivity contribution in [3.05, 3.63) is 58.6 Å². The molecule has 0 radical (unpaired) electrons. The molecule has 0 aliphatic carbocycles. The van der Waals surface area contributed by atoms with Crippen LogP contribution in [0, 0.1) is 0 Å². The molecule has 3 aromatic rings. The van der Waals surface area contributed by atoms with Crippen molar-refractivity contribution < 1.29 is 13.2 Å². The third-order valence-electron chi connectivity index (χ3n) is 3.60. The van der Waals surface area contributed by atoms with Crippen LogP contribution in [-0.2, 0) is 6.18 Å². The molecule has 1 aromatic heterocycles. The summed E-state index contributed by atoms with van der Waals surface area (Å²) in [5.41, 5.74) is 0.633. The monoisotopic (exact) mass is 422 g/mol. The first-order valence-corrected chi connectivity index (χ1v) is 8.60. The molecular formula is C18H14BrF3N4. The molecule has 0 saturated carbocycles. The molecule has 0 bridgehead atoms. The van der Waals surface area contributed by atoms with Gasteiger partial charge in [-0.05, 0) is 31.2 Å². The second-order valence-corrected chi connectivity index (χ2v) is 6.36. The lowest BCUT2D eigenvalue weighted by Gasteiger charge is -2.12. The van der Waals surface area contributed by atoms with Crippen LogP contribution in [0.3, 0.4) is 0 Å². The lowest BCUT2D eigenvalue weighted by Crippen LogP contribution is -2.08. The Morgan fingerprint density at radius 3 is 2.38 bits per heavy atom. The first kappa shape index (κ1) is 18.3. The highest BCUT2D eigenvalue weighted by Crippen LogP contribution is 2.33. The van der Waals surface area contributed by atoms with E-state index < -0.39 is 11.7 Å². The maximum Gasteiger partial charge on any atom is 0.416 e. The van der Waals surface area contributed by atoms with Crippen LogP contribution in [0.4, 0.5) is 19.0 Å². The minimum atomic E-state index is -4.43. The van der Waals surface area contributed by atoms with Gasteiger partial charge in [0.15, 0.2) is 11.6 Å². The van der Waals surface area contributed by atoms with Crippen LogP contribution < -0.4 is 5.32 Å². The average Bonchev–Trinajstić information content (AvgIpc) is 2.62. The highest BCUT2D eigenvalue weighted by Gasteiger charge is 2.30. The van der Waals surface area contributed by atoms with Crippen molar-refractivity contribution >= 4 is 21.7 Å². The first-order chi connectivity index (χ1) is 12.4. The predicted molar refractivity (Wildman–Crippen MR) is 97.6 cm³/mol. The van der Waals surface area contributed by atoms with E-state index in [0.29, 0.717) is 29.4 Å². The Kier molecular flexibility index (Phi) is 5.22. The van der Waals surface area contributed by atoms with E-state index in [-0.39, 0.29) is 0 Å². The molecule has 26 heavy (non-hydrogen) atoms. The van der Waals surface area contributed by atoms with Crippen LogP contribution in [0.2, 0.25) is 0 Å². The third kappa shape index (κ3) is 4.01. The summed E-state index contributed by atoms with van der Waals surface area (Å²) in [7, 11) is 0. The van der Waals surface area contributed by atoms with Gasteiger partial charge in [-0.25, -0.2) is 4.98 Å². The standard InChI is InChI=1S/C18H14BrF3N4/c1-2-23-17-15(12-4-3-5-13(10-12)18(20,21)22)24-16(25-26-17)11-6-8-14(19)9-7-11/h3-10H,2H2,1H3,(H,23,26). The maximum absolute atomic E-state index is 13.0. The van der Waals surface area contributed by atoms with Crippen LogP contribution in [0.25, 0.3) is 22.6 Å². The van der Waals surface area contributed by atoms with E-state index in [1.807, 2.05) is 31.2 Å². The molecule has 0 fully saturated rings. The Labute approximate surface area is 156 Å². The van der Waals surface area contributed by atoms with Gasteiger partial charge in [-0.2, -0.15) is 13.2 Å². The van der Waals surface area contributed by atoms with Gasteiger partial charge in [0.2, 0.25) is 0 Å². The number of benzene rings is 2. The summed E-state index contributed by atoms with van der Waals surface area (Å²) in [5.74, 6) is 0.680. The molecule has 2 aromatic carbocycles. The second-order valence-electron chi connectivity index (χ2n) is 5.45. The quantitative estimate of drug-likeness (QED) is 0.609. The number of anilines is 1. The van der Waals surface area contributed by atoms with Gasteiger partial charge >= 0.3 is 6.18 Å². The van der Waals surface area contributed by atoms with E-state index in [0.717, 1.165) is 22.2 Å². The molecule has 0 spiro atoms. The molecule has 0 saturated heterocycles. The van der Waals surface area contributed by atoms with Gasteiger partial charge in [0, 0.05) is 22.1 Å². The number of hydrogen-bond acceptors (Lipinski definition) is 4. The number of hydrogen-bond donors (Lipinski definition) is 1. The zero-order chi connectivity index (χ0) is 18.7. The molecule has 0 atom stereocenters. The highest BCUT2D eigenvalue weighted by molar-refractivity contribution is 9.10. The molecule has 8 heteroatoms. The molecule has 134 valence electrons. The Morgan fingerprint density at radius 2 is 1.73 bits per heavy atom. The maximum atomic E-state index is 13.0. The van der Waals surface area contributed by atoms with Gasteiger partial charge in [-0.15, -0.1) is 10.2 Å². The Hall–Kier alpha value is -2.48. The van der Waals surface area contributed by atoms with Crippen LogP contribution in [0.1, 0.15) is 12.5 Å². The fourth-order valence-corrected chi connectivity index (χ4v) is 2.64. The van der Waals surface area contributed by atoms with Gasteiger partial charge in [0.25, 0.3) is 0 Å². The highest BCUT2D eigenvalue weighted by atomic mass is 79.9. The molecule has 4 nitrogen and oxygen atoms in total. The zero-order valence-electron chi connectivity index (χ0n) is 13.7. The summed E-state index contributed by atoms with van der Waals surface area (Å²) in [4.78, 5) is 4.47. The fraction of sp³-hybridized carbons (Fsp3) is 0.167. The third-order valence-corrected chi connectivity index (χ3v) is 4.13. The number of nitrogens with zero attached hydrogens (tertiary/aromatic N) is 3. The summed E-state index contributed by atoms with van der Waals surface area (Å²) >= 11 is 3.35. The van der Waals surface area contributed by atoms with E-state index in [2.05, 4.69) is 36.4 Å². The van der Waals surface area contributed by atoms with Crippen molar-refractivity contribution in [2.45, 2.75) is 13.1 Å². The normalized spacial score (nSPS) is 11.4. The van der Waals surface area contributed by atoms with Crippen molar-refractivity contribution in [2.75, 3.05) is 11.9 Å². The topological polar surface area (TPSA) is 50.7 Å². The number of halogens is 4. The Balaban J connectivity index is 2.12.